The van der Waals surface area contributed by atoms with Crippen LogP contribution in [-0.4, -0.2) is 56.7 Å². The number of aliphatic hydroxyl groups is 1. The van der Waals surface area contributed by atoms with Crippen molar-refractivity contribution < 1.29 is 5.11 Å². The van der Waals surface area contributed by atoms with Crippen LogP contribution < -0.4 is 10.2 Å². The first kappa shape index (κ1) is 16.4. The first-order valence-electron chi connectivity index (χ1n) is 10.1. The van der Waals surface area contributed by atoms with E-state index in [1.807, 2.05) is 10.6 Å². The van der Waals surface area contributed by atoms with Crippen molar-refractivity contribution in [1.82, 2.24) is 25.1 Å². The number of fused-ring (bicyclic) bond motifs is 1. The molecule has 2 N–H and O–H groups in total. The standard InChI is InChI=1S/C19H28N6O/c26-19(8-1-2-9-19)13-20-10-14-11-24(12-14)17-7-6-16-21-22-18(25(16)23-17)15-4-3-5-15/h6-7,14-15,20,26H,1-5,8-13H2. The first-order valence-corrected chi connectivity index (χ1v) is 10.1. The fraction of sp³-hybridized carbons (Fsp3) is 0.737. The first-order chi connectivity index (χ1) is 12.7. The molecule has 2 aromatic heterocycles. The van der Waals surface area contributed by atoms with Crippen LogP contribution in [0.5, 0.6) is 0 Å². The zero-order chi connectivity index (χ0) is 17.6. The van der Waals surface area contributed by atoms with E-state index in [1.54, 1.807) is 0 Å². The van der Waals surface area contributed by atoms with Crippen molar-refractivity contribution in [3.63, 3.8) is 0 Å². The maximum absolute atomic E-state index is 10.4. The minimum absolute atomic E-state index is 0.456. The summed E-state index contributed by atoms with van der Waals surface area (Å²) in [5.41, 5.74) is 0.391. The molecule has 1 saturated heterocycles. The highest BCUT2D eigenvalue weighted by Gasteiger charge is 2.33. The molecule has 2 aromatic rings. The topological polar surface area (TPSA) is 78.6 Å². The van der Waals surface area contributed by atoms with E-state index in [-0.39, 0.29) is 0 Å². The van der Waals surface area contributed by atoms with Gasteiger partial charge in [-0.3, -0.25) is 0 Å². The Morgan fingerprint density at radius 2 is 1.92 bits per heavy atom. The predicted octanol–water partition coefficient (Wildman–Crippen LogP) is 1.72. The van der Waals surface area contributed by atoms with Crippen LogP contribution in [-0.2, 0) is 0 Å². The molecule has 3 aliphatic rings. The molecule has 0 unspecified atom stereocenters. The molecule has 140 valence electrons. The van der Waals surface area contributed by atoms with Gasteiger partial charge >= 0.3 is 0 Å². The zero-order valence-electron chi connectivity index (χ0n) is 15.3. The summed E-state index contributed by atoms with van der Waals surface area (Å²) in [5.74, 6) is 3.20. The maximum atomic E-state index is 10.4. The lowest BCUT2D eigenvalue weighted by atomic mass is 9.85. The Morgan fingerprint density at radius 1 is 1.12 bits per heavy atom. The van der Waals surface area contributed by atoms with Crippen LogP contribution in [0.15, 0.2) is 12.1 Å². The highest BCUT2D eigenvalue weighted by atomic mass is 16.3. The van der Waals surface area contributed by atoms with Gasteiger partial charge in [0.15, 0.2) is 11.5 Å². The van der Waals surface area contributed by atoms with Gasteiger partial charge in [0.1, 0.15) is 5.82 Å². The Morgan fingerprint density at radius 3 is 2.65 bits per heavy atom. The molecule has 0 amide bonds. The van der Waals surface area contributed by atoms with Crippen molar-refractivity contribution in [3.8, 4) is 0 Å². The number of hydrogen-bond donors (Lipinski definition) is 2. The Bertz CT molecular complexity index is 773. The van der Waals surface area contributed by atoms with Crippen LogP contribution in [0.3, 0.4) is 0 Å². The Kier molecular flexibility index (Phi) is 4.09. The number of aromatic nitrogens is 4. The lowest BCUT2D eigenvalue weighted by Gasteiger charge is -2.40. The van der Waals surface area contributed by atoms with E-state index in [4.69, 9.17) is 5.10 Å². The SMILES string of the molecule is OC1(CNCC2CN(c3ccc4nnc(C5CCC5)n4n3)C2)CCCC1. The van der Waals surface area contributed by atoms with Crippen LogP contribution >= 0.6 is 0 Å². The molecule has 5 rings (SSSR count). The second kappa shape index (κ2) is 6.46. The van der Waals surface area contributed by atoms with Crippen LogP contribution in [0.25, 0.3) is 5.65 Å². The maximum Gasteiger partial charge on any atom is 0.178 e. The average Bonchev–Trinajstić information content (AvgIpc) is 3.15. The van der Waals surface area contributed by atoms with Crippen LogP contribution in [0.1, 0.15) is 56.7 Å². The number of nitrogens with one attached hydrogen (secondary N) is 1. The lowest BCUT2D eigenvalue weighted by Crippen LogP contribution is -2.52. The predicted molar refractivity (Wildman–Crippen MR) is 99.4 cm³/mol. The number of rotatable bonds is 6. The molecular weight excluding hydrogens is 328 g/mol. The molecule has 1 aliphatic heterocycles. The number of hydrogen-bond acceptors (Lipinski definition) is 6. The summed E-state index contributed by atoms with van der Waals surface area (Å²) >= 11 is 0. The molecular formula is C19H28N6O. The summed E-state index contributed by atoms with van der Waals surface area (Å²) in [4.78, 5) is 2.32. The minimum atomic E-state index is -0.456. The van der Waals surface area contributed by atoms with Gasteiger partial charge in [0.2, 0.25) is 0 Å². The molecule has 2 aliphatic carbocycles. The van der Waals surface area contributed by atoms with E-state index < -0.39 is 5.60 Å². The third-order valence-corrected chi connectivity index (χ3v) is 6.45. The van der Waals surface area contributed by atoms with E-state index in [1.165, 1.54) is 19.3 Å². The van der Waals surface area contributed by atoms with Crippen molar-refractivity contribution in [2.24, 2.45) is 5.92 Å². The third kappa shape index (κ3) is 2.97. The minimum Gasteiger partial charge on any atom is -0.389 e. The van der Waals surface area contributed by atoms with Crippen molar-refractivity contribution in [3.05, 3.63) is 18.0 Å². The fourth-order valence-electron chi connectivity index (χ4n) is 4.49. The molecule has 0 bridgehead atoms. The largest absolute Gasteiger partial charge is 0.389 e. The van der Waals surface area contributed by atoms with Crippen molar-refractivity contribution >= 4 is 11.5 Å². The Labute approximate surface area is 153 Å². The number of anilines is 1. The molecule has 7 nitrogen and oxygen atoms in total. The monoisotopic (exact) mass is 356 g/mol. The molecule has 0 spiro atoms. The van der Waals surface area contributed by atoms with Gasteiger partial charge in [-0.05, 0) is 37.8 Å². The highest BCUT2D eigenvalue weighted by molar-refractivity contribution is 5.47. The van der Waals surface area contributed by atoms with Gasteiger partial charge < -0.3 is 15.3 Å². The van der Waals surface area contributed by atoms with Crippen LogP contribution in [0.4, 0.5) is 5.82 Å². The van der Waals surface area contributed by atoms with Gasteiger partial charge in [0, 0.05) is 38.0 Å². The third-order valence-electron chi connectivity index (χ3n) is 6.45. The molecule has 3 heterocycles. The average molecular weight is 356 g/mol. The molecule has 3 fully saturated rings. The molecule has 0 radical (unpaired) electrons. The highest BCUT2D eigenvalue weighted by Crippen LogP contribution is 2.35. The van der Waals surface area contributed by atoms with Gasteiger partial charge in [-0.2, -0.15) is 4.52 Å². The smallest absolute Gasteiger partial charge is 0.178 e. The van der Waals surface area contributed by atoms with Gasteiger partial charge in [-0.15, -0.1) is 15.3 Å². The Hall–Kier alpha value is -1.73. The molecule has 26 heavy (non-hydrogen) atoms. The normalized spacial score (nSPS) is 23.3. The Balaban J connectivity index is 1.17. The summed E-state index contributed by atoms with van der Waals surface area (Å²) in [7, 11) is 0. The van der Waals surface area contributed by atoms with E-state index >= 15 is 0 Å². The second-order valence-corrected chi connectivity index (χ2v) is 8.48. The summed E-state index contributed by atoms with van der Waals surface area (Å²) in [5, 5.41) is 27.3. The zero-order valence-corrected chi connectivity index (χ0v) is 15.3. The summed E-state index contributed by atoms with van der Waals surface area (Å²) in [6, 6.07) is 4.08. The van der Waals surface area contributed by atoms with Crippen molar-refractivity contribution in [1.29, 1.82) is 0 Å². The molecule has 2 saturated carbocycles. The lowest BCUT2D eigenvalue weighted by molar-refractivity contribution is 0.0466. The molecule has 0 aromatic carbocycles. The summed E-state index contributed by atoms with van der Waals surface area (Å²) in [6.07, 6.45) is 7.92. The molecule has 0 atom stereocenters. The second-order valence-electron chi connectivity index (χ2n) is 8.48. The van der Waals surface area contributed by atoms with Gasteiger partial charge in [-0.1, -0.05) is 19.3 Å². The van der Waals surface area contributed by atoms with Crippen molar-refractivity contribution in [2.45, 2.75) is 56.5 Å². The van der Waals surface area contributed by atoms with Gasteiger partial charge in [-0.25, -0.2) is 0 Å². The van der Waals surface area contributed by atoms with Gasteiger partial charge in [0.05, 0.1) is 5.60 Å². The van der Waals surface area contributed by atoms with E-state index in [0.717, 1.165) is 69.2 Å². The van der Waals surface area contributed by atoms with E-state index in [9.17, 15) is 5.11 Å². The quantitative estimate of drug-likeness (QED) is 0.821. The summed E-state index contributed by atoms with van der Waals surface area (Å²) in [6.45, 7) is 3.75. The van der Waals surface area contributed by atoms with Crippen molar-refractivity contribution in [2.75, 3.05) is 31.1 Å². The van der Waals surface area contributed by atoms with E-state index in [2.05, 4.69) is 26.5 Å². The van der Waals surface area contributed by atoms with Crippen LogP contribution in [0.2, 0.25) is 0 Å². The number of nitrogens with zero attached hydrogens (tertiary/aromatic N) is 5. The summed E-state index contributed by atoms with van der Waals surface area (Å²) < 4.78 is 1.94. The van der Waals surface area contributed by atoms with Crippen LogP contribution in [0, 0.1) is 5.92 Å². The van der Waals surface area contributed by atoms with Gasteiger partial charge in [0.25, 0.3) is 0 Å². The molecule has 7 heteroatoms. The fourth-order valence-corrected chi connectivity index (χ4v) is 4.49. The van der Waals surface area contributed by atoms with E-state index in [0.29, 0.717) is 11.8 Å².